The van der Waals surface area contributed by atoms with Crippen LogP contribution in [0.4, 0.5) is 0 Å². The van der Waals surface area contributed by atoms with Gasteiger partial charge in [-0.3, -0.25) is 9.69 Å². The number of aryl methyl sites for hydroxylation is 1. The van der Waals surface area contributed by atoms with Crippen LogP contribution in [0.2, 0.25) is 0 Å². The number of hydrogen-bond acceptors (Lipinski definition) is 6. The number of nitrogens with zero attached hydrogens (tertiary/aromatic N) is 5. The Kier molecular flexibility index (Phi) is 5.25. The second kappa shape index (κ2) is 7.40. The Morgan fingerprint density at radius 2 is 2.12 bits per heavy atom. The van der Waals surface area contributed by atoms with Crippen molar-refractivity contribution in [2.24, 2.45) is 13.0 Å². The van der Waals surface area contributed by atoms with Gasteiger partial charge in [0.05, 0.1) is 25.6 Å². The van der Waals surface area contributed by atoms with E-state index < -0.39 is 0 Å². The first kappa shape index (κ1) is 17.0. The number of aromatic nitrogens is 4. The molecule has 0 saturated carbocycles. The Labute approximate surface area is 142 Å². The number of carbonyl (C=O) groups is 1. The van der Waals surface area contributed by atoms with Crippen molar-refractivity contribution in [3.05, 3.63) is 18.0 Å². The topological polar surface area (TPSA) is 85.2 Å². The molecule has 8 heteroatoms. The van der Waals surface area contributed by atoms with Crippen molar-refractivity contribution in [3.8, 4) is 0 Å². The van der Waals surface area contributed by atoms with Crippen molar-refractivity contribution in [2.45, 2.75) is 44.9 Å². The fraction of sp³-hybridized carbons (Fsp3) is 0.750. The largest absolute Gasteiger partial charge is 0.373 e. The number of rotatable bonds is 5. The standard InChI is InChI=1S/C16H26N6O2/c1-11(2)15-13(6-9-24-15)16(23)17-12-4-7-22(8-5-12)10-14-18-20-21(3)19-14/h12-13,15H,1,4-10H2,2-3H3,(H,17,23)/t13-,15-/m0/s1. The number of tetrazole rings is 1. The van der Waals surface area contributed by atoms with Crippen LogP contribution in [0.1, 0.15) is 32.0 Å². The van der Waals surface area contributed by atoms with E-state index in [1.165, 1.54) is 4.80 Å². The van der Waals surface area contributed by atoms with E-state index in [0.717, 1.165) is 43.7 Å². The quantitative estimate of drug-likeness (QED) is 0.778. The molecule has 2 aliphatic rings. The van der Waals surface area contributed by atoms with Gasteiger partial charge in [0.1, 0.15) is 0 Å². The number of ether oxygens (including phenoxy) is 1. The number of nitrogens with one attached hydrogen (secondary N) is 1. The third kappa shape index (κ3) is 3.99. The van der Waals surface area contributed by atoms with Crippen LogP contribution in [0.5, 0.6) is 0 Å². The molecule has 3 rings (SSSR count). The number of amides is 1. The van der Waals surface area contributed by atoms with Gasteiger partial charge < -0.3 is 10.1 Å². The van der Waals surface area contributed by atoms with Crippen LogP contribution in [0, 0.1) is 5.92 Å². The zero-order valence-corrected chi connectivity index (χ0v) is 14.4. The lowest BCUT2D eigenvalue weighted by molar-refractivity contribution is -0.127. The Balaban J connectivity index is 1.45. The molecule has 2 aliphatic heterocycles. The third-order valence-electron chi connectivity index (χ3n) is 4.76. The van der Waals surface area contributed by atoms with E-state index in [0.29, 0.717) is 13.2 Å². The molecule has 0 aliphatic carbocycles. The maximum atomic E-state index is 12.5. The van der Waals surface area contributed by atoms with E-state index in [1.807, 2.05) is 6.92 Å². The van der Waals surface area contributed by atoms with Crippen LogP contribution in [0.25, 0.3) is 0 Å². The molecular weight excluding hydrogens is 308 g/mol. The van der Waals surface area contributed by atoms with Gasteiger partial charge in [-0.2, -0.15) is 4.80 Å². The molecule has 1 aromatic rings. The van der Waals surface area contributed by atoms with E-state index in [-0.39, 0.29) is 24.0 Å². The highest BCUT2D eigenvalue weighted by atomic mass is 16.5. The molecule has 2 fully saturated rings. The van der Waals surface area contributed by atoms with Crippen LogP contribution in [-0.2, 0) is 23.1 Å². The molecule has 0 unspecified atom stereocenters. The smallest absolute Gasteiger partial charge is 0.226 e. The first-order chi connectivity index (χ1) is 11.5. The molecule has 1 N–H and O–H groups in total. The molecule has 2 saturated heterocycles. The predicted molar refractivity (Wildman–Crippen MR) is 87.9 cm³/mol. The summed E-state index contributed by atoms with van der Waals surface area (Å²) in [5, 5.41) is 15.3. The van der Waals surface area contributed by atoms with E-state index in [2.05, 4.69) is 32.2 Å². The maximum absolute atomic E-state index is 12.5. The van der Waals surface area contributed by atoms with E-state index >= 15 is 0 Å². The summed E-state index contributed by atoms with van der Waals surface area (Å²) in [5.74, 6) is 0.756. The molecule has 1 aromatic heterocycles. The van der Waals surface area contributed by atoms with Crippen molar-refractivity contribution in [2.75, 3.05) is 19.7 Å². The highest BCUT2D eigenvalue weighted by molar-refractivity contribution is 5.80. The number of likely N-dealkylation sites (tertiary alicyclic amines) is 1. The second-order valence-corrected chi connectivity index (χ2v) is 6.79. The van der Waals surface area contributed by atoms with Crippen molar-refractivity contribution < 1.29 is 9.53 Å². The van der Waals surface area contributed by atoms with Crippen LogP contribution in [0.15, 0.2) is 12.2 Å². The predicted octanol–water partition coefficient (Wildman–Crippen LogP) is 0.272. The Hall–Kier alpha value is -1.80. The number of piperidine rings is 1. The molecule has 8 nitrogen and oxygen atoms in total. The van der Waals surface area contributed by atoms with Crippen molar-refractivity contribution in [1.82, 2.24) is 30.4 Å². The van der Waals surface area contributed by atoms with Crippen molar-refractivity contribution in [1.29, 1.82) is 0 Å². The molecule has 132 valence electrons. The molecular formula is C16H26N6O2. The Morgan fingerprint density at radius 3 is 2.75 bits per heavy atom. The molecule has 0 radical (unpaired) electrons. The first-order valence-electron chi connectivity index (χ1n) is 8.55. The fourth-order valence-corrected chi connectivity index (χ4v) is 3.47. The third-order valence-corrected chi connectivity index (χ3v) is 4.76. The minimum Gasteiger partial charge on any atom is -0.373 e. The molecule has 0 bridgehead atoms. The highest BCUT2D eigenvalue weighted by Crippen LogP contribution is 2.26. The summed E-state index contributed by atoms with van der Waals surface area (Å²) in [7, 11) is 1.77. The lowest BCUT2D eigenvalue weighted by atomic mass is 9.95. The van der Waals surface area contributed by atoms with Crippen LogP contribution >= 0.6 is 0 Å². The summed E-state index contributed by atoms with van der Waals surface area (Å²) in [6, 6.07) is 0.231. The first-order valence-corrected chi connectivity index (χ1v) is 8.55. The van der Waals surface area contributed by atoms with Crippen LogP contribution < -0.4 is 5.32 Å². The van der Waals surface area contributed by atoms with Gasteiger partial charge >= 0.3 is 0 Å². The van der Waals surface area contributed by atoms with Gasteiger partial charge in [-0.15, -0.1) is 10.2 Å². The van der Waals surface area contributed by atoms with E-state index in [9.17, 15) is 4.79 Å². The Bertz CT molecular complexity index is 593. The van der Waals surface area contributed by atoms with Gasteiger partial charge in [-0.05, 0) is 31.4 Å². The van der Waals surface area contributed by atoms with Gasteiger partial charge in [0.15, 0.2) is 5.82 Å². The summed E-state index contributed by atoms with van der Waals surface area (Å²) in [6.07, 6.45) is 2.53. The summed E-state index contributed by atoms with van der Waals surface area (Å²) < 4.78 is 5.63. The summed E-state index contributed by atoms with van der Waals surface area (Å²) >= 11 is 0. The van der Waals surface area contributed by atoms with Gasteiger partial charge in [0.2, 0.25) is 5.91 Å². The second-order valence-electron chi connectivity index (χ2n) is 6.79. The van der Waals surface area contributed by atoms with E-state index in [4.69, 9.17) is 4.74 Å². The van der Waals surface area contributed by atoms with Crippen molar-refractivity contribution in [3.63, 3.8) is 0 Å². The van der Waals surface area contributed by atoms with Gasteiger partial charge in [0, 0.05) is 25.7 Å². The highest BCUT2D eigenvalue weighted by Gasteiger charge is 2.35. The molecule has 3 heterocycles. The summed E-state index contributed by atoms with van der Waals surface area (Å²) in [5.41, 5.74) is 0.930. The average molecular weight is 334 g/mol. The molecule has 1 amide bonds. The molecule has 0 spiro atoms. The van der Waals surface area contributed by atoms with Gasteiger partial charge in [0.25, 0.3) is 0 Å². The summed E-state index contributed by atoms with van der Waals surface area (Å²) in [6.45, 7) is 9.06. The van der Waals surface area contributed by atoms with E-state index in [1.54, 1.807) is 7.05 Å². The minimum atomic E-state index is -0.132. The number of hydrogen-bond donors (Lipinski definition) is 1. The minimum absolute atomic E-state index is 0.0932. The zero-order valence-electron chi connectivity index (χ0n) is 14.4. The lowest BCUT2D eigenvalue weighted by Gasteiger charge is -2.32. The fourth-order valence-electron chi connectivity index (χ4n) is 3.47. The monoisotopic (exact) mass is 334 g/mol. The maximum Gasteiger partial charge on any atom is 0.226 e. The zero-order chi connectivity index (χ0) is 17.1. The molecule has 0 aromatic carbocycles. The SMILES string of the molecule is C=C(C)[C@@H]1OCC[C@@H]1C(=O)NC1CCN(Cc2nnn(C)n2)CC1. The average Bonchev–Trinajstić information content (AvgIpc) is 3.18. The van der Waals surface area contributed by atoms with Crippen LogP contribution in [0.3, 0.4) is 0 Å². The van der Waals surface area contributed by atoms with Crippen molar-refractivity contribution >= 4 is 5.91 Å². The van der Waals surface area contributed by atoms with Gasteiger partial charge in [-0.1, -0.05) is 12.2 Å². The number of carbonyl (C=O) groups excluding carboxylic acids is 1. The van der Waals surface area contributed by atoms with Crippen LogP contribution in [-0.4, -0.2) is 62.9 Å². The Morgan fingerprint density at radius 1 is 1.38 bits per heavy atom. The molecule has 2 atom stereocenters. The van der Waals surface area contributed by atoms with Gasteiger partial charge in [-0.25, -0.2) is 0 Å². The molecule has 24 heavy (non-hydrogen) atoms. The summed E-state index contributed by atoms with van der Waals surface area (Å²) in [4.78, 5) is 16.3. The normalized spacial score (nSPS) is 25.8. The lowest BCUT2D eigenvalue weighted by Crippen LogP contribution is -2.47.